The van der Waals surface area contributed by atoms with Crippen LogP contribution in [0.25, 0.3) is 0 Å². The van der Waals surface area contributed by atoms with Crippen molar-refractivity contribution in [3.63, 3.8) is 0 Å². The van der Waals surface area contributed by atoms with Gasteiger partial charge in [0, 0.05) is 6.54 Å². The summed E-state index contributed by atoms with van der Waals surface area (Å²) in [7, 11) is 0. The van der Waals surface area contributed by atoms with Crippen molar-refractivity contribution in [3.05, 3.63) is 29.8 Å². The molecule has 0 bridgehead atoms. The number of hydrogen-bond acceptors (Lipinski definition) is 2. The minimum Gasteiger partial charge on any atom is -0.492 e. The molecule has 0 aromatic heterocycles. The summed E-state index contributed by atoms with van der Waals surface area (Å²) in [4.78, 5) is 2.36. The van der Waals surface area contributed by atoms with Gasteiger partial charge in [0.25, 0.3) is 0 Å². The Morgan fingerprint density at radius 2 is 1.80 bits per heavy atom. The zero-order valence-corrected chi connectivity index (χ0v) is 9.99. The van der Waals surface area contributed by atoms with E-state index in [1.54, 1.807) is 0 Å². The first-order chi connectivity index (χ1) is 7.27. The SMILES string of the molecule is CCN(CC)CCOc1ccccc1C. The zero-order valence-electron chi connectivity index (χ0n) is 9.99. The van der Waals surface area contributed by atoms with Crippen molar-refractivity contribution in [2.75, 3.05) is 26.2 Å². The van der Waals surface area contributed by atoms with Gasteiger partial charge in [-0.15, -0.1) is 0 Å². The van der Waals surface area contributed by atoms with E-state index in [2.05, 4.69) is 31.7 Å². The van der Waals surface area contributed by atoms with Crippen LogP contribution in [0.3, 0.4) is 0 Å². The molecule has 0 atom stereocenters. The normalized spacial score (nSPS) is 10.7. The van der Waals surface area contributed by atoms with Gasteiger partial charge in [0.05, 0.1) is 0 Å². The van der Waals surface area contributed by atoms with Gasteiger partial charge in [-0.1, -0.05) is 32.0 Å². The first kappa shape index (κ1) is 12.1. The molecule has 0 aliphatic rings. The van der Waals surface area contributed by atoms with Crippen molar-refractivity contribution in [2.24, 2.45) is 0 Å². The van der Waals surface area contributed by atoms with Gasteiger partial charge in [0.15, 0.2) is 0 Å². The molecule has 0 saturated carbocycles. The van der Waals surface area contributed by atoms with Gasteiger partial charge in [-0.3, -0.25) is 0 Å². The van der Waals surface area contributed by atoms with Crippen LogP contribution in [0.15, 0.2) is 24.3 Å². The van der Waals surface area contributed by atoms with Gasteiger partial charge in [-0.2, -0.15) is 0 Å². The first-order valence-corrected chi connectivity index (χ1v) is 5.68. The lowest BCUT2D eigenvalue weighted by atomic mass is 10.2. The molecule has 1 rings (SSSR count). The van der Waals surface area contributed by atoms with Crippen LogP contribution >= 0.6 is 0 Å². The highest BCUT2D eigenvalue weighted by Crippen LogP contribution is 2.15. The maximum Gasteiger partial charge on any atom is 0.122 e. The summed E-state index contributed by atoms with van der Waals surface area (Å²) in [6.07, 6.45) is 0. The molecule has 0 spiro atoms. The lowest BCUT2D eigenvalue weighted by molar-refractivity contribution is 0.222. The molecule has 0 amide bonds. The van der Waals surface area contributed by atoms with E-state index in [0.717, 1.165) is 32.0 Å². The fraction of sp³-hybridized carbons (Fsp3) is 0.538. The van der Waals surface area contributed by atoms with Crippen molar-refractivity contribution in [1.29, 1.82) is 0 Å². The Bertz CT molecular complexity index is 282. The quantitative estimate of drug-likeness (QED) is 0.711. The first-order valence-electron chi connectivity index (χ1n) is 5.68. The van der Waals surface area contributed by atoms with Gasteiger partial charge in [-0.05, 0) is 31.6 Å². The van der Waals surface area contributed by atoms with Crippen LogP contribution in [0.2, 0.25) is 0 Å². The molecule has 84 valence electrons. The lowest BCUT2D eigenvalue weighted by Crippen LogP contribution is -2.27. The summed E-state index contributed by atoms with van der Waals surface area (Å²) in [5.74, 6) is 1.00. The minimum absolute atomic E-state index is 0.770. The maximum absolute atomic E-state index is 5.73. The second-order valence-electron chi connectivity index (χ2n) is 3.64. The number of hydrogen-bond donors (Lipinski definition) is 0. The third kappa shape index (κ3) is 3.92. The fourth-order valence-electron chi connectivity index (χ4n) is 1.54. The van der Waals surface area contributed by atoms with Gasteiger partial charge in [-0.25, -0.2) is 0 Å². The highest BCUT2D eigenvalue weighted by Gasteiger charge is 2.00. The monoisotopic (exact) mass is 207 g/mol. The predicted molar refractivity (Wildman–Crippen MR) is 64.5 cm³/mol. The van der Waals surface area contributed by atoms with Crippen molar-refractivity contribution in [3.8, 4) is 5.75 Å². The van der Waals surface area contributed by atoms with Crippen LogP contribution in [0.1, 0.15) is 19.4 Å². The van der Waals surface area contributed by atoms with Crippen molar-refractivity contribution >= 4 is 0 Å². The van der Waals surface area contributed by atoms with E-state index in [4.69, 9.17) is 4.74 Å². The van der Waals surface area contributed by atoms with Gasteiger partial charge < -0.3 is 9.64 Å². The van der Waals surface area contributed by atoms with Crippen LogP contribution in [-0.2, 0) is 0 Å². The number of benzene rings is 1. The second kappa shape index (κ2) is 6.46. The summed E-state index contributed by atoms with van der Waals surface area (Å²) < 4.78 is 5.73. The van der Waals surface area contributed by atoms with Crippen LogP contribution in [0, 0.1) is 6.92 Å². The van der Waals surface area contributed by atoms with E-state index < -0.39 is 0 Å². The van der Waals surface area contributed by atoms with Crippen LogP contribution in [0.4, 0.5) is 0 Å². The molecule has 0 saturated heterocycles. The molecule has 0 unspecified atom stereocenters. The number of nitrogens with zero attached hydrogens (tertiary/aromatic N) is 1. The Balaban J connectivity index is 2.34. The molecule has 2 nitrogen and oxygen atoms in total. The average Bonchev–Trinajstić information content (AvgIpc) is 2.27. The summed E-state index contributed by atoms with van der Waals surface area (Å²) in [5, 5.41) is 0. The number of aryl methyl sites for hydroxylation is 1. The molecule has 0 heterocycles. The van der Waals surface area contributed by atoms with Crippen LogP contribution in [-0.4, -0.2) is 31.1 Å². The second-order valence-corrected chi connectivity index (χ2v) is 3.64. The van der Waals surface area contributed by atoms with Crippen molar-refractivity contribution in [1.82, 2.24) is 4.90 Å². The highest BCUT2D eigenvalue weighted by molar-refractivity contribution is 5.31. The number of rotatable bonds is 6. The molecule has 0 aliphatic carbocycles. The average molecular weight is 207 g/mol. The predicted octanol–water partition coefficient (Wildman–Crippen LogP) is 2.72. The largest absolute Gasteiger partial charge is 0.492 e. The smallest absolute Gasteiger partial charge is 0.122 e. The Hall–Kier alpha value is -1.02. The van der Waals surface area contributed by atoms with Gasteiger partial charge >= 0.3 is 0 Å². The molecule has 0 aliphatic heterocycles. The topological polar surface area (TPSA) is 12.5 Å². The van der Waals surface area contributed by atoms with Gasteiger partial charge in [0.1, 0.15) is 12.4 Å². The van der Waals surface area contributed by atoms with E-state index in [1.165, 1.54) is 5.56 Å². The van der Waals surface area contributed by atoms with Crippen LogP contribution < -0.4 is 4.74 Å². The third-order valence-electron chi connectivity index (χ3n) is 2.65. The van der Waals surface area contributed by atoms with E-state index in [1.807, 2.05) is 18.2 Å². The highest BCUT2D eigenvalue weighted by atomic mass is 16.5. The molecule has 2 heteroatoms. The summed E-state index contributed by atoms with van der Waals surface area (Å²) in [6.45, 7) is 10.4. The van der Waals surface area contributed by atoms with E-state index in [-0.39, 0.29) is 0 Å². The number of ether oxygens (including phenoxy) is 1. The zero-order chi connectivity index (χ0) is 11.1. The summed E-state index contributed by atoms with van der Waals surface area (Å²) in [5.41, 5.74) is 1.21. The molecule has 0 radical (unpaired) electrons. The fourth-order valence-corrected chi connectivity index (χ4v) is 1.54. The van der Waals surface area contributed by atoms with E-state index in [9.17, 15) is 0 Å². The Morgan fingerprint density at radius 1 is 1.13 bits per heavy atom. The molecular weight excluding hydrogens is 186 g/mol. The number of likely N-dealkylation sites (N-methyl/N-ethyl adjacent to an activating group) is 1. The molecule has 1 aromatic rings. The van der Waals surface area contributed by atoms with Crippen LogP contribution in [0.5, 0.6) is 5.75 Å². The van der Waals surface area contributed by atoms with Crippen molar-refractivity contribution < 1.29 is 4.74 Å². The van der Waals surface area contributed by atoms with E-state index in [0.29, 0.717) is 0 Å². The maximum atomic E-state index is 5.73. The number of para-hydroxylation sites is 1. The molecular formula is C13H21NO. The Morgan fingerprint density at radius 3 is 2.40 bits per heavy atom. The van der Waals surface area contributed by atoms with Gasteiger partial charge in [0.2, 0.25) is 0 Å². The van der Waals surface area contributed by atoms with E-state index >= 15 is 0 Å². The summed E-state index contributed by atoms with van der Waals surface area (Å²) in [6, 6.07) is 8.15. The lowest BCUT2D eigenvalue weighted by Gasteiger charge is -2.18. The third-order valence-corrected chi connectivity index (χ3v) is 2.65. The standard InChI is InChI=1S/C13H21NO/c1-4-14(5-2)10-11-15-13-9-7-6-8-12(13)3/h6-9H,4-5,10-11H2,1-3H3. The molecule has 15 heavy (non-hydrogen) atoms. The van der Waals surface area contributed by atoms with Crippen molar-refractivity contribution in [2.45, 2.75) is 20.8 Å². The Kier molecular flexibility index (Phi) is 5.19. The Labute approximate surface area is 92.9 Å². The molecule has 0 N–H and O–H groups in total. The molecule has 0 fully saturated rings. The summed E-state index contributed by atoms with van der Waals surface area (Å²) >= 11 is 0. The molecule has 1 aromatic carbocycles. The minimum atomic E-state index is 0.770.